The van der Waals surface area contributed by atoms with Gasteiger partial charge < -0.3 is 0 Å². The molecule has 1 aliphatic rings. The molecule has 18 heavy (non-hydrogen) atoms. The molecular weight excluding hydrogens is 216 g/mol. The Hall–Kier alpha value is -1.30. The topological polar surface area (TPSA) is 0 Å². The quantitative estimate of drug-likeness (QED) is 0.563. The van der Waals surface area contributed by atoms with Crippen LogP contribution in [0.3, 0.4) is 0 Å². The Morgan fingerprint density at radius 3 is 2.72 bits per heavy atom. The Morgan fingerprint density at radius 2 is 2.00 bits per heavy atom. The molecule has 0 spiro atoms. The molecule has 0 aliphatic heterocycles. The first-order valence-electron chi connectivity index (χ1n) is 6.89. The van der Waals surface area contributed by atoms with Crippen LogP contribution in [0.1, 0.15) is 50.3 Å². The molecule has 0 aromatic heterocycles. The lowest BCUT2D eigenvalue weighted by molar-refractivity contribution is 0.412. The first kappa shape index (κ1) is 13.1. The average molecular weight is 240 g/mol. The van der Waals surface area contributed by atoms with Gasteiger partial charge >= 0.3 is 0 Å². The van der Waals surface area contributed by atoms with Gasteiger partial charge in [-0.05, 0) is 53.4 Å². The van der Waals surface area contributed by atoms with Crippen molar-refractivity contribution in [1.82, 2.24) is 0 Å². The lowest BCUT2D eigenvalue weighted by Gasteiger charge is -2.29. The summed E-state index contributed by atoms with van der Waals surface area (Å²) in [5, 5.41) is 0. The minimum atomic E-state index is 0.183. The maximum Gasteiger partial charge on any atom is -0.0103 e. The van der Waals surface area contributed by atoms with Gasteiger partial charge in [-0.25, -0.2) is 0 Å². The van der Waals surface area contributed by atoms with Gasteiger partial charge in [0.05, 0.1) is 0 Å². The van der Waals surface area contributed by atoms with Gasteiger partial charge in [-0.1, -0.05) is 57.7 Å². The third kappa shape index (κ3) is 2.43. The Bertz CT molecular complexity index is 489. The molecule has 0 heterocycles. The number of aryl methyl sites for hydroxylation is 1. The first-order chi connectivity index (χ1) is 8.42. The average Bonchev–Trinajstić information content (AvgIpc) is 2.36. The van der Waals surface area contributed by atoms with Crippen LogP contribution in [0.2, 0.25) is 0 Å². The van der Waals surface area contributed by atoms with Crippen LogP contribution in [-0.4, -0.2) is 0 Å². The molecule has 1 aromatic rings. The molecule has 96 valence electrons. The van der Waals surface area contributed by atoms with Crippen LogP contribution in [0, 0.1) is 18.3 Å². The predicted molar refractivity (Wildman–Crippen MR) is 81.4 cm³/mol. The zero-order valence-electron chi connectivity index (χ0n) is 12.1. The molecule has 0 heteroatoms. The molecule has 0 saturated carbocycles. The van der Waals surface area contributed by atoms with E-state index in [1.165, 1.54) is 35.1 Å². The molecule has 0 saturated heterocycles. The Labute approximate surface area is 111 Å². The predicted octanol–water partition coefficient (Wildman–Crippen LogP) is 5.48. The zero-order chi connectivity index (χ0) is 13.3. The van der Waals surface area contributed by atoms with E-state index in [2.05, 4.69) is 64.6 Å². The van der Waals surface area contributed by atoms with Crippen molar-refractivity contribution in [3.05, 3.63) is 47.5 Å². The van der Waals surface area contributed by atoms with Gasteiger partial charge in [0.15, 0.2) is 0 Å². The first-order valence-corrected chi connectivity index (χ1v) is 6.89. The van der Waals surface area contributed by atoms with Crippen LogP contribution in [-0.2, 0) is 0 Å². The fourth-order valence-corrected chi connectivity index (χ4v) is 2.63. The fourth-order valence-electron chi connectivity index (χ4n) is 2.63. The van der Waals surface area contributed by atoms with Gasteiger partial charge in [0.1, 0.15) is 0 Å². The largest absolute Gasteiger partial charge is 0.0947 e. The molecule has 0 fully saturated rings. The van der Waals surface area contributed by atoms with Crippen LogP contribution in [0.15, 0.2) is 30.9 Å². The third-order valence-corrected chi connectivity index (χ3v) is 4.28. The van der Waals surface area contributed by atoms with E-state index >= 15 is 0 Å². The summed E-state index contributed by atoms with van der Waals surface area (Å²) < 4.78 is 0. The van der Waals surface area contributed by atoms with E-state index in [0.29, 0.717) is 5.92 Å². The molecule has 1 atom stereocenters. The lowest BCUT2D eigenvalue weighted by atomic mass is 9.76. The monoisotopic (exact) mass is 240 g/mol. The van der Waals surface area contributed by atoms with E-state index < -0.39 is 0 Å². The number of benzene rings is 1. The summed E-state index contributed by atoms with van der Waals surface area (Å²) in [5.74, 6) is 0.641. The number of hydrogen-bond donors (Lipinski definition) is 0. The highest BCUT2D eigenvalue weighted by Crippen LogP contribution is 2.41. The third-order valence-electron chi connectivity index (χ3n) is 4.28. The van der Waals surface area contributed by atoms with Gasteiger partial charge in [0.25, 0.3) is 0 Å². The van der Waals surface area contributed by atoms with Crippen molar-refractivity contribution in [2.75, 3.05) is 0 Å². The molecule has 1 aromatic carbocycles. The second-order valence-electron chi connectivity index (χ2n) is 6.27. The smallest absolute Gasteiger partial charge is 0.0103 e. The molecule has 0 nitrogen and oxygen atoms in total. The van der Waals surface area contributed by atoms with Crippen LogP contribution in [0.25, 0.3) is 11.6 Å². The molecule has 0 bridgehead atoms. The van der Waals surface area contributed by atoms with Gasteiger partial charge in [0.2, 0.25) is 0 Å². The SMILES string of the molecule is C=C1c2cccc(C)c2/C=C\C(C)CCC1(C)C. The molecule has 1 aliphatic carbocycles. The van der Waals surface area contributed by atoms with Crippen molar-refractivity contribution >= 4 is 11.6 Å². The van der Waals surface area contributed by atoms with Crippen LogP contribution >= 0.6 is 0 Å². The van der Waals surface area contributed by atoms with Gasteiger partial charge in [-0.2, -0.15) is 0 Å². The molecular formula is C18H24. The van der Waals surface area contributed by atoms with Crippen LogP contribution in [0.4, 0.5) is 0 Å². The minimum absolute atomic E-state index is 0.183. The summed E-state index contributed by atoms with van der Waals surface area (Å²) in [7, 11) is 0. The Morgan fingerprint density at radius 1 is 1.28 bits per heavy atom. The summed E-state index contributed by atoms with van der Waals surface area (Å²) in [4.78, 5) is 0. The maximum absolute atomic E-state index is 4.38. The molecule has 1 unspecified atom stereocenters. The maximum atomic E-state index is 4.38. The summed E-state index contributed by atoms with van der Waals surface area (Å²) in [6.45, 7) is 13.5. The van der Waals surface area contributed by atoms with Crippen LogP contribution in [0.5, 0.6) is 0 Å². The van der Waals surface area contributed by atoms with Crippen LogP contribution < -0.4 is 0 Å². The van der Waals surface area contributed by atoms with Gasteiger partial charge in [-0.3, -0.25) is 0 Å². The van der Waals surface area contributed by atoms with Gasteiger partial charge in [0, 0.05) is 0 Å². The minimum Gasteiger partial charge on any atom is -0.0947 e. The van der Waals surface area contributed by atoms with E-state index in [4.69, 9.17) is 0 Å². The fraction of sp³-hybridized carbons (Fsp3) is 0.444. The standard InChI is InChI=1S/C18H24/c1-13-9-10-16-14(2)7-6-8-17(16)15(3)18(4,5)12-11-13/h6-10,13H,3,11-12H2,1-2,4-5H3/b10-9-. The second-order valence-corrected chi connectivity index (χ2v) is 6.27. The molecule has 0 N–H and O–H groups in total. The highest BCUT2D eigenvalue weighted by molar-refractivity contribution is 5.77. The van der Waals surface area contributed by atoms with Crippen molar-refractivity contribution in [3.63, 3.8) is 0 Å². The van der Waals surface area contributed by atoms with Gasteiger partial charge in [-0.15, -0.1) is 0 Å². The summed E-state index contributed by atoms with van der Waals surface area (Å²) in [6.07, 6.45) is 7.07. The lowest BCUT2D eigenvalue weighted by Crippen LogP contribution is -2.14. The highest BCUT2D eigenvalue weighted by atomic mass is 14.3. The highest BCUT2D eigenvalue weighted by Gasteiger charge is 2.25. The van der Waals surface area contributed by atoms with E-state index in [1.807, 2.05) is 0 Å². The molecule has 2 rings (SSSR count). The number of fused-ring (bicyclic) bond motifs is 1. The van der Waals surface area contributed by atoms with Crippen molar-refractivity contribution in [2.45, 2.75) is 40.5 Å². The summed E-state index contributed by atoms with van der Waals surface area (Å²) >= 11 is 0. The summed E-state index contributed by atoms with van der Waals surface area (Å²) in [6, 6.07) is 6.54. The zero-order valence-corrected chi connectivity index (χ0v) is 12.1. The van der Waals surface area contributed by atoms with Crippen molar-refractivity contribution in [1.29, 1.82) is 0 Å². The van der Waals surface area contributed by atoms with E-state index in [-0.39, 0.29) is 5.41 Å². The summed E-state index contributed by atoms with van der Waals surface area (Å²) in [5.41, 5.74) is 5.48. The number of allylic oxidation sites excluding steroid dienone is 2. The van der Waals surface area contributed by atoms with Crippen molar-refractivity contribution in [2.24, 2.45) is 11.3 Å². The van der Waals surface area contributed by atoms with E-state index in [1.54, 1.807) is 0 Å². The van der Waals surface area contributed by atoms with E-state index in [9.17, 15) is 0 Å². The van der Waals surface area contributed by atoms with E-state index in [0.717, 1.165) is 0 Å². The Balaban J connectivity index is 2.60. The molecule has 0 radical (unpaired) electrons. The second kappa shape index (κ2) is 4.76. The van der Waals surface area contributed by atoms with Crippen molar-refractivity contribution in [3.8, 4) is 0 Å². The number of hydrogen-bond acceptors (Lipinski definition) is 0. The van der Waals surface area contributed by atoms with Crippen molar-refractivity contribution < 1.29 is 0 Å². The normalized spacial score (nSPS) is 24.7. The number of rotatable bonds is 0. The Kier molecular flexibility index (Phi) is 3.47. The molecule has 0 amide bonds.